The van der Waals surface area contributed by atoms with Crippen molar-refractivity contribution in [3.05, 3.63) is 22.4 Å². The minimum absolute atomic E-state index is 0.140. The van der Waals surface area contributed by atoms with E-state index >= 15 is 0 Å². The van der Waals surface area contributed by atoms with E-state index in [1.807, 2.05) is 0 Å². The van der Waals surface area contributed by atoms with Gasteiger partial charge < -0.3 is 16.0 Å². The standard InChI is InChI=1S/C15H24N4OS/c1-3-16-15(19-13-4-5-14(20)17-9-13)18-8-11(2)12-6-7-21-10-12/h6-7,10-11,13H,3-5,8-9H2,1-2H3,(H,17,20)(H2,16,18,19). The van der Waals surface area contributed by atoms with Gasteiger partial charge in [-0.15, -0.1) is 0 Å². The molecule has 6 heteroatoms. The number of hydrogen-bond acceptors (Lipinski definition) is 3. The van der Waals surface area contributed by atoms with Gasteiger partial charge in [-0.2, -0.15) is 11.3 Å². The Labute approximate surface area is 130 Å². The quantitative estimate of drug-likeness (QED) is 0.573. The molecule has 0 saturated carbocycles. The predicted molar refractivity (Wildman–Crippen MR) is 87.9 cm³/mol. The number of thiophene rings is 1. The molecule has 2 rings (SSSR count). The minimum Gasteiger partial charge on any atom is -0.357 e. The van der Waals surface area contributed by atoms with E-state index in [9.17, 15) is 4.79 Å². The Morgan fingerprint density at radius 2 is 2.48 bits per heavy atom. The predicted octanol–water partition coefficient (Wildman–Crippen LogP) is 1.69. The van der Waals surface area contributed by atoms with Crippen LogP contribution in [0.15, 0.2) is 21.8 Å². The van der Waals surface area contributed by atoms with Crippen LogP contribution in [0.3, 0.4) is 0 Å². The van der Waals surface area contributed by atoms with Crippen molar-refractivity contribution in [2.75, 3.05) is 19.6 Å². The summed E-state index contributed by atoms with van der Waals surface area (Å²) in [5.74, 6) is 1.39. The average Bonchev–Trinajstić information content (AvgIpc) is 3.01. The van der Waals surface area contributed by atoms with E-state index in [1.165, 1.54) is 5.56 Å². The van der Waals surface area contributed by atoms with Crippen LogP contribution in [-0.4, -0.2) is 37.5 Å². The molecule has 2 heterocycles. The molecular formula is C15H24N4OS. The number of nitrogens with one attached hydrogen (secondary N) is 3. The summed E-state index contributed by atoms with van der Waals surface area (Å²) in [6.07, 6.45) is 1.44. The van der Waals surface area contributed by atoms with Crippen LogP contribution in [0.1, 0.15) is 38.2 Å². The fourth-order valence-electron chi connectivity index (χ4n) is 2.26. The molecule has 0 spiro atoms. The molecule has 21 heavy (non-hydrogen) atoms. The molecule has 1 aliphatic heterocycles. The van der Waals surface area contributed by atoms with Crippen LogP contribution >= 0.6 is 11.3 Å². The molecule has 0 aromatic carbocycles. The summed E-state index contributed by atoms with van der Waals surface area (Å²) in [6, 6.07) is 2.42. The van der Waals surface area contributed by atoms with Crippen LogP contribution < -0.4 is 16.0 Å². The van der Waals surface area contributed by atoms with Crippen molar-refractivity contribution < 1.29 is 4.79 Å². The average molecular weight is 308 g/mol. The third kappa shape index (κ3) is 5.04. The van der Waals surface area contributed by atoms with Crippen LogP contribution in [0.4, 0.5) is 0 Å². The zero-order chi connectivity index (χ0) is 15.1. The Hall–Kier alpha value is -1.56. The summed E-state index contributed by atoms with van der Waals surface area (Å²) >= 11 is 1.72. The molecule has 0 aliphatic carbocycles. The Balaban J connectivity index is 1.88. The largest absolute Gasteiger partial charge is 0.357 e. The van der Waals surface area contributed by atoms with Gasteiger partial charge in [0.25, 0.3) is 0 Å². The number of amides is 1. The number of hydrogen-bond donors (Lipinski definition) is 3. The fourth-order valence-corrected chi connectivity index (χ4v) is 3.04. The molecule has 0 radical (unpaired) electrons. The maximum absolute atomic E-state index is 11.2. The Kier molecular flexibility index (Phi) is 6.04. The molecule has 1 aliphatic rings. The van der Waals surface area contributed by atoms with Crippen LogP contribution in [0.25, 0.3) is 0 Å². The summed E-state index contributed by atoms with van der Waals surface area (Å²) in [5.41, 5.74) is 1.34. The molecule has 116 valence electrons. The first kappa shape index (κ1) is 15.8. The van der Waals surface area contributed by atoms with Crippen molar-refractivity contribution in [1.29, 1.82) is 0 Å². The van der Waals surface area contributed by atoms with Crippen LogP contribution in [-0.2, 0) is 4.79 Å². The van der Waals surface area contributed by atoms with E-state index in [4.69, 9.17) is 0 Å². The summed E-state index contributed by atoms with van der Waals surface area (Å²) in [6.45, 7) is 6.50. The molecule has 2 unspecified atom stereocenters. The monoisotopic (exact) mass is 308 g/mol. The third-order valence-electron chi connectivity index (χ3n) is 3.59. The van der Waals surface area contributed by atoms with Crippen LogP contribution in [0.2, 0.25) is 0 Å². The number of carbonyl (C=O) groups excluding carboxylic acids is 1. The molecule has 1 aromatic rings. The highest BCUT2D eigenvalue weighted by Gasteiger charge is 2.18. The summed E-state index contributed by atoms with van der Waals surface area (Å²) in [7, 11) is 0. The Morgan fingerprint density at radius 1 is 1.62 bits per heavy atom. The maximum Gasteiger partial charge on any atom is 0.220 e. The number of aliphatic imine (C=N–C) groups is 1. The highest BCUT2D eigenvalue weighted by Crippen LogP contribution is 2.18. The first-order valence-electron chi connectivity index (χ1n) is 7.52. The van der Waals surface area contributed by atoms with E-state index in [0.717, 1.165) is 25.5 Å². The lowest BCUT2D eigenvalue weighted by molar-refractivity contribution is -0.122. The molecule has 1 aromatic heterocycles. The number of carbonyl (C=O) groups is 1. The second-order valence-electron chi connectivity index (χ2n) is 5.36. The number of piperidine rings is 1. The normalized spacial score (nSPS) is 20.8. The van der Waals surface area contributed by atoms with Gasteiger partial charge in [0.05, 0.1) is 0 Å². The Bertz CT molecular complexity index is 462. The minimum atomic E-state index is 0.140. The highest BCUT2D eigenvalue weighted by atomic mass is 32.1. The van der Waals surface area contributed by atoms with Crippen molar-refractivity contribution in [3.8, 4) is 0 Å². The van der Waals surface area contributed by atoms with Crippen molar-refractivity contribution in [2.45, 2.75) is 38.6 Å². The molecule has 0 bridgehead atoms. The van der Waals surface area contributed by atoms with E-state index < -0.39 is 0 Å². The van der Waals surface area contributed by atoms with Gasteiger partial charge in [0, 0.05) is 38.0 Å². The van der Waals surface area contributed by atoms with Gasteiger partial charge in [-0.3, -0.25) is 9.79 Å². The van der Waals surface area contributed by atoms with Crippen molar-refractivity contribution >= 4 is 23.2 Å². The van der Waals surface area contributed by atoms with Crippen molar-refractivity contribution in [3.63, 3.8) is 0 Å². The molecule has 1 saturated heterocycles. The van der Waals surface area contributed by atoms with Gasteiger partial charge in [-0.25, -0.2) is 0 Å². The number of guanidine groups is 1. The first-order chi connectivity index (χ1) is 10.2. The summed E-state index contributed by atoms with van der Waals surface area (Å²) in [4.78, 5) is 15.9. The third-order valence-corrected chi connectivity index (χ3v) is 4.29. The number of nitrogens with zero attached hydrogens (tertiary/aromatic N) is 1. The van der Waals surface area contributed by atoms with E-state index in [-0.39, 0.29) is 11.9 Å². The lowest BCUT2D eigenvalue weighted by atomic mass is 10.1. The van der Waals surface area contributed by atoms with Gasteiger partial charge in [-0.05, 0) is 35.7 Å². The molecule has 1 amide bonds. The topological polar surface area (TPSA) is 65.5 Å². The maximum atomic E-state index is 11.2. The molecule has 5 nitrogen and oxygen atoms in total. The van der Waals surface area contributed by atoms with Gasteiger partial charge >= 0.3 is 0 Å². The lowest BCUT2D eigenvalue weighted by Crippen LogP contribution is -2.51. The number of rotatable bonds is 5. The SMILES string of the molecule is CCNC(=NCC(C)c1ccsc1)NC1CCC(=O)NC1. The highest BCUT2D eigenvalue weighted by molar-refractivity contribution is 7.07. The zero-order valence-corrected chi connectivity index (χ0v) is 13.5. The van der Waals surface area contributed by atoms with Crippen LogP contribution in [0.5, 0.6) is 0 Å². The van der Waals surface area contributed by atoms with E-state index in [1.54, 1.807) is 11.3 Å². The smallest absolute Gasteiger partial charge is 0.220 e. The van der Waals surface area contributed by atoms with E-state index in [2.05, 4.69) is 51.6 Å². The van der Waals surface area contributed by atoms with Gasteiger partial charge in [0.15, 0.2) is 5.96 Å². The van der Waals surface area contributed by atoms with Crippen LogP contribution in [0, 0.1) is 0 Å². The summed E-state index contributed by atoms with van der Waals surface area (Å²) < 4.78 is 0. The Morgan fingerprint density at radius 3 is 3.10 bits per heavy atom. The second-order valence-corrected chi connectivity index (χ2v) is 6.14. The lowest BCUT2D eigenvalue weighted by Gasteiger charge is -2.25. The van der Waals surface area contributed by atoms with Gasteiger partial charge in [0.2, 0.25) is 5.91 Å². The second kappa shape index (κ2) is 8.02. The van der Waals surface area contributed by atoms with Gasteiger partial charge in [-0.1, -0.05) is 6.92 Å². The van der Waals surface area contributed by atoms with Crippen molar-refractivity contribution in [2.24, 2.45) is 4.99 Å². The summed E-state index contributed by atoms with van der Waals surface area (Å²) in [5, 5.41) is 13.8. The van der Waals surface area contributed by atoms with Crippen molar-refractivity contribution in [1.82, 2.24) is 16.0 Å². The molecule has 3 N–H and O–H groups in total. The molecule has 1 fully saturated rings. The molecular weight excluding hydrogens is 284 g/mol. The molecule has 2 atom stereocenters. The van der Waals surface area contributed by atoms with Gasteiger partial charge in [0.1, 0.15) is 0 Å². The first-order valence-corrected chi connectivity index (χ1v) is 8.47. The van der Waals surface area contributed by atoms with E-state index in [0.29, 0.717) is 18.9 Å². The zero-order valence-electron chi connectivity index (χ0n) is 12.7. The fraction of sp³-hybridized carbons (Fsp3) is 0.600.